The molecule has 0 spiro atoms. The first-order chi connectivity index (χ1) is 14.1. The first-order valence-corrected chi connectivity index (χ1v) is 9.86. The molecule has 0 saturated heterocycles. The van der Waals surface area contributed by atoms with Crippen molar-refractivity contribution < 1.29 is 9.47 Å². The van der Waals surface area contributed by atoms with Crippen LogP contribution in [0, 0.1) is 6.92 Å². The van der Waals surface area contributed by atoms with Crippen LogP contribution in [0.3, 0.4) is 0 Å². The molecule has 5 rings (SSSR count). The number of benzene rings is 2. The van der Waals surface area contributed by atoms with Gasteiger partial charge in [-0.05, 0) is 41.1 Å². The number of hydrogen-bond donors (Lipinski definition) is 0. The van der Waals surface area contributed by atoms with Gasteiger partial charge in [-0.1, -0.05) is 35.6 Å². The van der Waals surface area contributed by atoms with Gasteiger partial charge in [0.05, 0.1) is 16.3 Å². The summed E-state index contributed by atoms with van der Waals surface area (Å²) >= 11 is 1.47. The van der Waals surface area contributed by atoms with Crippen LogP contribution in [0.5, 0.6) is 10.9 Å². The maximum atomic E-state index is 12.3. The van der Waals surface area contributed by atoms with Crippen LogP contribution in [0.2, 0.25) is 0 Å². The summed E-state index contributed by atoms with van der Waals surface area (Å²) in [5.74, 6) is 0.833. The Bertz CT molecular complexity index is 1270. The Kier molecular flexibility index (Phi) is 4.17. The van der Waals surface area contributed by atoms with Crippen molar-refractivity contribution in [3.63, 3.8) is 0 Å². The van der Waals surface area contributed by atoms with Gasteiger partial charge < -0.3 is 9.47 Å². The highest BCUT2D eigenvalue weighted by molar-refractivity contribution is 7.13. The molecule has 8 nitrogen and oxygen atoms in total. The van der Waals surface area contributed by atoms with Gasteiger partial charge in [0.1, 0.15) is 19.0 Å². The molecule has 0 unspecified atom stereocenters. The Balaban J connectivity index is 1.46. The molecule has 2 aromatic carbocycles. The lowest BCUT2D eigenvalue weighted by molar-refractivity contribution is 0.302. The molecule has 0 fully saturated rings. The molecule has 0 N–H and O–H groups in total. The van der Waals surface area contributed by atoms with Crippen LogP contribution in [-0.2, 0) is 20.3 Å². The van der Waals surface area contributed by atoms with Crippen LogP contribution in [0.4, 0.5) is 0 Å². The molecular weight excluding hydrogens is 390 g/mol. The van der Waals surface area contributed by atoms with Crippen molar-refractivity contribution in [2.45, 2.75) is 20.1 Å². The number of ether oxygens (including phenoxy) is 2. The van der Waals surface area contributed by atoms with Crippen LogP contribution in [0.15, 0.2) is 47.3 Å². The van der Waals surface area contributed by atoms with E-state index in [2.05, 4.69) is 15.4 Å². The summed E-state index contributed by atoms with van der Waals surface area (Å²) in [7, 11) is 1.57. The van der Waals surface area contributed by atoms with Crippen molar-refractivity contribution in [2.75, 3.05) is 0 Å². The zero-order valence-corrected chi connectivity index (χ0v) is 16.6. The standard InChI is InChI=1S/C20H17N5O3S/c1-12-6-5-8-15(25-20(26)24(2)22-23-25)14(12)10-28-19-21-18-13-7-3-4-9-16(13)27-11-17(18)29-19/h3-9H,10-11H2,1-2H3. The summed E-state index contributed by atoms with van der Waals surface area (Å²) in [5, 5.41) is 8.32. The molecule has 0 atom stereocenters. The van der Waals surface area contributed by atoms with E-state index in [0.29, 0.717) is 17.5 Å². The highest BCUT2D eigenvalue weighted by Crippen LogP contribution is 2.41. The maximum Gasteiger partial charge on any atom is 0.368 e. The first kappa shape index (κ1) is 17.6. The average Bonchev–Trinajstić information content (AvgIpc) is 3.30. The quantitative estimate of drug-likeness (QED) is 0.517. The lowest BCUT2D eigenvalue weighted by Gasteiger charge is -2.15. The highest BCUT2D eigenvalue weighted by Gasteiger charge is 2.23. The molecule has 0 bridgehead atoms. The molecule has 4 aromatic rings. The summed E-state index contributed by atoms with van der Waals surface area (Å²) in [6.07, 6.45) is 0. The molecule has 1 aliphatic heterocycles. The molecule has 2 aromatic heterocycles. The van der Waals surface area contributed by atoms with Crippen molar-refractivity contribution in [1.82, 2.24) is 24.8 Å². The Labute approximate surface area is 169 Å². The van der Waals surface area contributed by atoms with E-state index in [0.717, 1.165) is 33.0 Å². The average molecular weight is 407 g/mol. The molecule has 0 radical (unpaired) electrons. The van der Waals surface area contributed by atoms with Gasteiger partial charge in [0.15, 0.2) is 0 Å². The number of fused-ring (bicyclic) bond motifs is 3. The number of aryl methyl sites for hydroxylation is 2. The Morgan fingerprint density at radius 1 is 1.17 bits per heavy atom. The number of tetrazole rings is 1. The SMILES string of the molecule is Cc1cccc(-n2nnn(C)c2=O)c1COc1nc2c(s1)COc1ccccc1-2. The third-order valence-corrected chi connectivity index (χ3v) is 5.80. The van der Waals surface area contributed by atoms with Gasteiger partial charge in [0.2, 0.25) is 0 Å². The molecular formula is C20H17N5O3S. The molecule has 0 saturated carbocycles. The van der Waals surface area contributed by atoms with Crippen LogP contribution < -0.4 is 15.2 Å². The topological polar surface area (TPSA) is 84.1 Å². The second-order valence-electron chi connectivity index (χ2n) is 6.69. The normalized spacial score (nSPS) is 12.2. The molecule has 29 heavy (non-hydrogen) atoms. The number of hydrogen-bond acceptors (Lipinski definition) is 7. The number of thiazole rings is 1. The summed E-state index contributed by atoms with van der Waals surface area (Å²) in [6.45, 7) is 2.72. The number of rotatable bonds is 4. The number of nitrogens with zero attached hydrogens (tertiary/aromatic N) is 5. The predicted octanol–water partition coefficient (Wildman–Crippen LogP) is 2.87. The fraction of sp³-hybridized carbons (Fsp3) is 0.200. The predicted molar refractivity (Wildman–Crippen MR) is 108 cm³/mol. The molecule has 9 heteroatoms. The Hall–Kier alpha value is -3.46. The maximum absolute atomic E-state index is 12.3. The van der Waals surface area contributed by atoms with E-state index >= 15 is 0 Å². The van der Waals surface area contributed by atoms with Crippen molar-refractivity contribution in [2.24, 2.45) is 7.05 Å². The summed E-state index contributed by atoms with van der Waals surface area (Å²) in [5.41, 5.74) is 4.08. The minimum Gasteiger partial charge on any atom is -0.487 e. The minimum atomic E-state index is -0.310. The lowest BCUT2D eigenvalue weighted by atomic mass is 10.1. The van der Waals surface area contributed by atoms with Crippen LogP contribution in [0.25, 0.3) is 16.9 Å². The third kappa shape index (κ3) is 2.99. The van der Waals surface area contributed by atoms with Gasteiger partial charge in [-0.2, -0.15) is 9.36 Å². The Morgan fingerprint density at radius 3 is 2.86 bits per heavy atom. The van der Waals surface area contributed by atoms with E-state index in [1.165, 1.54) is 20.7 Å². The van der Waals surface area contributed by atoms with Gasteiger partial charge in [0, 0.05) is 18.2 Å². The van der Waals surface area contributed by atoms with Crippen LogP contribution in [-0.4, -0.2) is 24.8 Å². The van der Waals surface area contributed by atoms with E-state index in [9.17, 15) is 4.79 Å². The molecule has 0 aliphatic carbocycles. The van der Waals surface area contributed by atoms with Gasteiger partial charge in [-0.25, -0.2) is 9.78 Å². The van der Waals surface area contributed by atoms with Crippen molar-refractivity contribution >= 4 is 11.3 Å². The number of aromatic nitrogens is 5. The van der Waals surface area contributed by atoms with Gasteiger partial charge in [0.25, 0.3) is 5.19 Å². The summed E-state index contributed by atoms with van der Waals surface area (Å²) < 4.78 is 14.3. The fourth-order valence-corrected chi connectivity index (χ4v) is 4.14. The fourth-order valence-electron chi connectivity index (χ4n) is 3.30. The number of para-hydroxylation sites is 1. The van der Waals surface area contributed by atoms with E-state index in [1.807, 2.05) is 49.4 Å². The van der Waals surface area contributed by atoms with E-state index in [1.54, 1.807) is 7.05 Å². The van der Waals surface area contributed by atoms with E-state index in [4.69, 9.17) is 9.47 Å². The smallest absolute Gasteiger partial charge is 0.368 e. The molecule has 146 valence electrons. The Morgan fingerprint density at radius 2 is 2.03 bits per heavy atom. The molecule has 3 heterocycles. The van der Waals surface area contributed by atoms with Gasteiger partial charge in [-0.15, -0.1) is 0 Å². The van der Waals surface area contributed by atoms with Crippen LogP contribution in [0.1, 0.15) is 16.0 Å². The molecule has 1 aliphatic rings. The van der Waals surface area contributed by atoms with Gasteiger partial charge in [-0.3, -0.25) is 0 Å². The van der Waals surface area contributed by atoms with Crippen molar-refractivity contribution in [3.05, 3.63) is 69.0 Å². The first-order valence-electron chi connectivity index (χ1n) is 9.04. The highest BCUT2D eigenvalue weighted by atomic mass is 32.1. The molecule has 0 amide bonds. The third-order valence-electron chi connectivity index (χ3n) is 4.85. The van der Waals surface area contributed by atoms with Gasteiger partial charge >= 0.3 is 5.69 Å². The summed E-state index contributed by atoms with van der Waals surface area (Å²) in [6, 6.07) is 13.5. The summed E-state index contributed by atoms with van der Waals surface area (Å²) in [4.78, 5) is 18.0. The van der Waals surface area contributed by atoms with Crippen molar-refractivity contribution in [1.29, 1.82) is 0 Å². The van der Waals surface area contributed by atoms with Crippen LogP contribution >= 0.6 is 11.3 Å². The largest absolute Gasteiger partial charge is 0.487 e. The van der Waals surface area contributed by atoms with E-state index in [-0.39, 0.29) is 12.3 Å². The second kappa shape index (κ2) is 6.85. The van der Waals surface area contributed by atoms with Crippen molar-refractivity contribution in [3.8, 4) is 27.9 Å². The minimum absolute atomic E-state index is 0.264. The zero-order chi connectivity index (χ0) is 20.0. The monoisotopic (exact) mass is 407 g/mol. The van der Waals surface area contributed by atoms with E-state index < -0.39 is 0 Å². The zero-order valence-electron chi connectivity index (χ0n) is 15.8. The lowest BCUT2D eigenvalue weighted by Crippen LogP contribution is -2.23. The second-order valence-corrected chi connectivity index (χ2v) is 7.74.